The first kappa shape index (κ1) is 19.9. The second-order valence-corrected chi connectivity index (χ2v) is 7.42. The van der Waals surface area contributed by atoms with Gasteiger partial charge in [0.2, 0.25) is 0 Å². The average molecular weight is 350 g/mol. The molecule has 0 saturated heterocycles. The van der Waals surface area contributed by atoms with Crippen molar-refractivity contribution in [3.63, 3.8) is 0 Å². The summed E-state index contributed by atoms with van der Waals surface area (Å²) in [6.07, 6.45) is 0. The Morgan fingerprint density at radius 1 is 0.885 bits per heavy atom. The van der Waals surface area contributed by atoms with Crippen molar-refractivity contribution >= 4 is 17.4 Å². The number of anilines is 1. The fraction of sp³-hybridized carbons (Fsp3) is 0.391. The highest BCUT2D eigenvalue weighted by molar-refractivity contribution is 6.24. The monoisotopic (exact) mass is 349 g/mol. The van der Waals surface area contributed by atoms with Gasteiger partial charge in [0.05, 0.1) is 5.54 Å². The summed E-state index contributed by atoms with van der Waals surface area (Å²) in [4.78, 5) is 7.05. The average Bonchev–Trinajstić information content (AvgIpc) is 2.62. The molecule has 1 N–H and O–H groups in total. The first-order chi connectivity index (χ1) is 12.3. The zero-order chi connectivity index (χ0) is 19.5. The van der Waals surface area contributed by atoms with E-state index < -0.39 is 0 Å². The molecule has 3 nitrogen and oxygen atoms in total. The molecule has 0 fully saturated rings. The molecule has 3 rings (SSSR count). The number of hydrogen-bond acceptors (Lipinski definition) is 2. The van der Waals surface area contributed by atoms with E-state index in [1.165, 1.54) is 5.56 Å². The number of aliphatic imine (C=N–C) groups is 1. The fourth-order valence-corrected chi connectivity index (χ4v) is 3.24. The van der Waals surface area contributed by atoms with Crippen molar-refractivity contribution in [3.8, 4) is 0 Å². The zero-order valence-corrected chi connectivity index (χ0v) is 17.1. The number of rotatable bonds is 1. The van der Waals surface area contributed by atoms with Crippen molar-refractivity contribution < 1.29 is 0 Å². The predicted molar refractivity (Wildman–Crippen MR) is 114 cm³/mol. The summed E-state index contributed by atoms with van der Waals surface area (Å²) in [5, 5.41) is 8.34. The van der Waals surface area contributed by atoms with E-state index >= 15 is 0 Å². The molecule has 0 spiro atoms. The summed E-state index contributed by atoms with van der Waals surface area (Å²) in [7, 11) is 0. The van der Waals surface area contributed by atoms with Crippen LogP contribution in [0.15, 0.2) is 59.6 Å². The first-order valence-electron chi connectivity index (χ1n) is 9.36. The maximum atomic E-state index is 8.34. The normalized spacial score (nSPS) is 16.5. The van der Waals surface area contributed by atoms with Crippen LogP contribution in [0.25, 0.3) is 0 Å². The molecule has 0 amide bonds. The van der Waals surface area contributed by atoms with Gasteiger partial charge in [0, 0.05) is 16.7 Å². The van der Waals surface area contributed by atoms with Crippen LogP contribution in [0.1, 0.15) is 59.6 Å². The summed E-state index contributed by atoms with van der Waals surface area (Å²) < 4.78 is 0. The van der Waals surface area contributed by atoms with Gasteiger partial charge in [0.15, 0.2) is 0 Å². The third-order valence-corrected chi connectivity index (χ3v) is 5.32. The molecule has 2 aromatic carbocycles. The van der Waals surface area contributed by atoms with E-state index in [1.807, 2.05) is 62.1 Å². The van der Waals surface area contributed by atoms with E-state index in [0.29, 0.717) is 5.84 Å². The van der Waals surface area contributed by atoms with Crippen molar-refractivity contribution in [1.82, 2.24) is 0 Å². The molecule has 1 aliphatic rings. The molecule has 0 radical (unpaired) electrons. The van der Waals surface area contributed by atoms with Gasteiger partial charge in [-0.3, -0.25) is 15.3 Å². The quantitative estimate of drug-likeness (QED) is 0.495. The molecule has 0 bridgehead atoms. The van der Waals surface area contributed by atoms with Crippen LogP contribution in [0.4, 0.5) is 5.69 Å². The van der Waals surface area contributed by atoms with Gasteiger partial charge in [-0.25, -0.2) is 0 Å². The Balaban J connectivity index is 0.00000117. The van der Waals surface area contributed by atoms with E-state index in [-0.39, 0.29) is 11.0 Å². The van der Waals surface area contributed by atoms with Crippen LogP contribution in [-0.2, 0) is 5.41 Å². The molecule has 2 aromatic rings. The number of nitrogens with zero attached hydrogens (tertiary/aromatic N) is 2. The van der Waals surface area contributed by atoms with Crippen molar-refractivity contribution in [2.45, 2.75) is 59.4 Å². The lowest BCUT2D eigenvalue weighted by Crippen LogP contribution is -2.50. The van der Waals surface area contributed by atoms with Gasteiger partial charge in [0.25, 0.3) is 0 Å². The van der Waals surface area contributed by atoms with Gasteiger partial charge in [-0.1, -0.05) is 70.2 Å². The summed E-state index contributed by atoms with van der Waals surface area (Å²) in [5.74, 6) is 1.32. The van der Waals surface area contributed by atoms with Gasteiger partial charge in [-0.05, 0) is 38.5 Å². The van der Waals surface area contributed by atoms with Crippen LogP contribution in [-0.4, -0.2) is 17.2 Å². The number of para-hydroxylation sites is 1. The Bertz CT molecular complexity index is 801. The summed E-state index contributed by atoms with van der Waals surface area (Å²) in [6, 6.07) is 18.5. The fourth-order valence-electron chi connectivity index (χ4n) is 3.24. The Hall–Kier alpha value is -2.42. The highest BCUT2D eigenvalue weighted by Gasteiger charge is 2.44. The van der Waals surface area contributed by atoms with Crippen LogP contribution in [0.2, 0.25) is 0 Å². The molecular weight excluding hydrogens is 318 g/mol. The standard InChI is InChI=1S/C21H25N3.C2H6/c1-15(22)24(16-11-7-6-8-12-16)19-17-13-9-10-14-18(17)20(2,3)21(4,5)23-19;1-2/h6-14,22H,1-5H3;1-2H3. The second kappa shape index (κ2) is 7.45. The van der Waals surface area contributed by atoms with Crippen molar-refractivity contribution in [2.24, 2.45) is 4.99 Å². The number of hydrogen-bond donors (Lipinski definition) is 1. The minimum atomic E-state index is -0.265. The maximum absolute atomic E-state index is 8.34. The molecule has 1 aliphatic heterocycles. The molecule has 0 aromatic heterocycles. The molecule has 1 heterocycles. The molecule has 0 aliphatic carbocycles. The maximum Gasteiger partial charge on any atom is 0.141 e. The van der Waals surface area contributed by atoms with Gasteiger partial charge in [-0.2, -0.15) is 0 Å². The number of nitrogens with one attached hydrogen (secondary N) is 1. The molecule has 3 heteroatoms. The summed E-state index contributed by atoms with van der Waals surface area (Å²) >= 11 is 0. The highest BCUT2D eigenvalue weighted by Crippen LogP contribution is 2.43. The van der Waals surface area contributed by atoms with Gasteiger partial charge >= 0.3 is 0 Å². The summed E-state index contributed by atoms with van der Waals surface area (Å²) in [6.45, 7) is 14.6. The lowest BCUT2D eigenvalue weighted by molar-refractivity contribution is 0.303. The van der Waals surface area contributed by atoms with E-state index in [0.717, 1.165) is 17.1 Å². The van der Waals surface area contributed by atoms with Crippen LogP contribution in [0, 0.1) is 5.41 Å². The van der Waals surface area contributed by atoms with E-state index in [2.05, 4.69) is 45.9 Å². The smallest absolute Gasteiger partial charge is 0.141 e. The molecular formula is C23H31N3. The topological polar surface area (TPSA) is 39.5 Å². The Kier molecular flexibility index (Phi) is 5.70. The molecule has 138 valence electrons. The highest BCUT2D eigenvalue weighted by atomic mass is 15.2. The van der Waals surface area contributed by atoms with Crippen molar-refractivity contribution in [1.29, 1.82) is 5.41 Å². The van der Waals surface area contributed by atoms with Crippen LogP contribution >= 0.6 is 0 Å². The van der Waals surface area contributed by atoms with Gasteiger partial charge < -0.3 is 0 Å². The second-order valence-electron chi connectivity index (χ2n) is 7.42. The molecule has 0 unspecified atom stereocenters. The predicted octanol–water partition coefficient (Wildman–Crippen LogP) is 6.03. The van der Waals surface area contributed by atoms with Gasteiger partial charge in [0.1, 0.15) is 11.7 Å². The largest absolute Gasteiger partial charge is 0.288 e. The van der Waals surface area contributed by atoms with Crippen molar-refractivity contribution in [2.75, 3.05) is 4.90 Å². The molecule has 0 atom stereocenters. The minimum Gasteiger partial charge on any atom is -0.288 e. The Morgan fingerprint density at radius 2 is 1.42 bits per heavy atom. The summed E-state index contributed by atoms with van der Waals surface area (Å²) in [5.41, 5.74) is 3.01. The third-order valence-electron chi connectivity index (χ3n) is 5.32. The minimum absolute atomic E-state index is 0.0780. The zero-order valence-electron chi connectivity index (χ0n) is 17.1. The van der Waals surface area contributed by atoms with E-state index in [1.54, 1.807) is 0 Å². The SMILES string of the molecule is CC.CC(=N)N(C1=NC(C)(C)C(C)(C)c2ccccc21)c1ccccc1. The first-order valence-corrected chi connectivity index (χ1v) is 9.36. The van der Waals surface area contributed by atoms with E-state index in [9.17, 15) is 0 Å². The number of fused-ring (bicyclic) bond motifs is 1. The van der Waals surface area contributed by atoms with Crippen LogP contribution < -0.4 is 4.90 Å². The van der Waals surface area contributed by atoms with Gasteiger partial charge in [-0.15, -0.1) is 0 Å². The lowest BCUT2D eigenvalue weighted by Gasteiger charge is -2.45. The Labute approximate surface area is 158 Å². The lowest BCUT2D eigenvalue weighted by atomic mass is 9.66. The van der Waals surface area contributed by atoms with E-state index in [4.69, 9.17) is 10.4 Å². The molecule has 26 heavy (non-hydrogen) atoms. The van der Waals surface area contributed by atoms with Crippen molar-refractivity contribution in [3.05, 3.63) is 65.7 Å². The number of benzene rings is 2. The Morgan fingerprint density at radius 3 is 2.00 bits per heavy atom. The van der Waals surface area contributed by atoms with Crippen LogP contribution in [0.3, 0.4) is 0 Å². The molecule has 0 saturated carbocycles. The third kappa shape index (κ3) is 3.31. The number of amidine groups is 2. The van der Waals surface area contributed by atoms with Crippen LogP contribution in [0.5, 0.6) is 0 Å².